The lowest BCUT2D eigenvalue weighted by molar-refractivity contribution is -0.134. The van der Waals surface area contributed by atoms with E-state index in [1.807, 2.05) is 7.05 Å². The predicted octanol–water partition coefficient (Wildman–Crippen LogP) is -1.47. The van der Waals surface area contributed by atoms with Gasteiger partial charge in [-0.15, -0.1) is 0 Å². The monoisotopic (exact) mass is 214 g/mol. The van der Waals surface area contributed by atoms with Crippen LogP contribution in [0, 0.1) is 0 Å². The fraction of sp³-hybridized carbons (Fsp3) is 0.778. The zero-order valence-electron chi connectivity index (χ0n) is 9.03. The molecule has 0 aliphatic carbocycles. The first-order chi connectivity index (χ1) is 7.13. The Hall–Kier alpha value is -1.14. The highest BCUT2D eigenvalue weighted by molar-refractivity contribution is 5.78. The normalized spacial score (nSPS) is 18.0. The van der Waals surface area contributed by atoms with Crippen LogP contribution in [-0.2, 0) is 9.59 Å². The van der Waals surface area contributed by atoms with Crippen molar-refractivity contribution in [1.29, 1.82) is 0 Å². The number of hydrogen-bond donors (Lipinski definition) is 2. The molecule has 0 bridgehead atoms. The van der Waals surface area contributed by atoms with Crippen LogP contribution >= 0.6 is 0 Å². The number of hydrazine groups is 1. The van der Waals surface area contributed by atoms with Crippen molar-refractivity contribution in [2.24, 2.45) is 5.84 Å². The van der Waals surface area contributed by atoms with E-state index in [4.69, 9.17) is 5.84 Å². The molecule has 0 unspecified atom stereocenters. The van der Waals surface area contributed by atoms with Crippen molar-refractivity contribution in [1.82, 2.24) is 15.2 Å². The Labute approximate surface area is 89.4 Å². The van der Waals surface area contributed by atoms with Gasteiger partial charge in [-0.25, -0.2) is 5.84 Å². The second-order valence-electron chi connectivity index (χ2n) is 3.76. The molecule has 15 heavy (non-hydrogen) atoms. The molecule has 1 aliphatic heterocycles. The zero-order chi connectivity index (χ0) is 11.3. The minimum atomic E-state index is -0.157. The average molecular weight is 214 g/mol. The molecule has 3 N–H and O–H groups in total. The Morgan fingerprint density at radius 2 is 2.27 bits per heavy atom. The summed E-state index contributed by atoms with van der Waals surface area (Å²) in [5.74, 6) is 4.94. The van der Waals surface area contributed by atoms with Crippen molar-refractivity contribution in [2.45, 2.75) is 12.8 Å². The molecule has 0 spiro atoms. The van der Waals surface area contributed by atoms with Gasteiger partial charge < -0.3 is 4.90 Å². The smallest absolute Gasteiger partial charge is 0.236 e. The van der Waals surface area contributed by atoms with E-state index in [9.17, 15) is 9.59 Å². The molecule has 0 atom stereocenters. The summed E-state index contributed by atoms with van der Waals surface area (Å²) in [5, 5.41) is 0. The van der Waals surface area contributed by atoms with Crippen LogP contribution in [0.1, 0.15) is 12.8 Å². The molecule has 86 valence electrons. The number of likely N-dealkylation sites (N-methyl/N-ethyl adjacent to an activating group) is 1. The number of nitrogens with one attached hydrogen (secondary N) is 1. The van der Waals surface area contributed by atoms with E-state index in [-0.39, 0.29) is 11.8 Å². The molecule has 6 nitrogen and oxygen atoms in total. The number of carbonyl (C=O) groups excluding carboxylic acids is 2. The standard InChI is InChI=1S/C9H18N4O2/c1-12-5-6-13(7-9(12)15)4-2-3-8(14)11-10/h2-7,10H2,1H3,(H,11,14). The van der Waals surface area contributed by atoms with Gasteiger partial charge in [-0.1, -0.05) is 0 Å². The lowest BCUT2D eigenvalue weighted by Crippen LogP contribution is -2.48. The average Bonchev–Trinajstić information content (AvgIpc) is 2.23. The van der Waals surface area contributed by atoms with Crippen LogP contribution in [0.4, 0.5) is 0 Å². The maximum absolute atomic E-state index is 11.3. The summed E-state index contributed by atoms with van der Waals surface area (Å²) in [5.41, 5.74) is 2.09. The summed E-state index contributed by atoms with van der Waals surface area (Å²) in [6.07, 6.45) is 1.15. The Bertz CT molecular complexity index is 244. The number of rotatable bonds is 4. The van der Waals surface area contributed by atoms with E-state index >= 15 is 0 Å². The van der Waals surface area contributed by atoms with E-state index in [2.05, 4.69) is 10.3 Å². The molecule has 2 amide bonds. The van der Waals surface area contributed by atoms with Crippen molar-refractivity contribution in [3.05, 3.63) is 0 Å². The summed E-state index contributed by atoms with van der Waals surface area (Å²) in [6.45, 7) is 2.88. The van der Waals surface area contributed by atoms with Gasteiger partial charge in [-0.3, -0.25) is 19.9 Å². The molecule has 0 saturated carbocycles. The van der Waals surface area contributed by atoms with Crippen molar-refractivity contribution >= 4 is 11.8 Å². The van der Waals surface area contributed by atoms with Crippen molar-refractivity contribution in [3.63, 3.8) is 0 Å². The number of piperazine rings is 1. The molecule has 0 aromatic heterocycles. The van der Waals surface area contributed by atoms with Crippen LogP contribution in [0.5, 0.6) is 0 Å². The van der Waals surface area contributed by atoms with Crippen LogP contribution in [-0.4, -0.2) is 54.8 Å². The summed E-state index contributed by atoms with van der Waals surface area (Å²) in [4.78, 5) is 26.0. The predicted molar refractivity (Wildman–Crippen MR) is 55.6 cm³/mol. The number of nitrogens with two attached hydrogens (primary N) is 1. The van der Waals surface area contributed by atoms with E-state index in [1.54, 1.807) is 4.90 Å². The van der Waals surface area contributed by atoms with Crippen LogP contribution in [0.15, 0.2) is 0 Å². The van der Waals surface area contributed by atoms with Crippen LogP contribution in [0.3, 0.4) is 0 Å². The molecular weight excluding hydrogens is 196 g/mol. The first-order valence-corrected chi connectivity index (χ1v) is 5.09. The minimum absolute atomic E-state index is 0.143. The third-order valence-electron chi connectivity index (χ3n) is 2.58. The van der Waals surface area contributed by atoms with Crippen molar-refractivity contribution in [2.75, 3.05) is 33.2 Å². The quantitative estimate of drug-likeness (QED) is 0.340. The molecule has 6 heteroatoms. The number of hydrogen-bond acceptors (Lipinski definition) is 4. The van der Waals surface area contributed by atoms with Gasteiger partial charge in [0.05, 0.1) is 6.54 Å². The molecule has 0 radical (unpaired) electrons. The summed E-state index contributed by atoms with van der Waals surface area (Å²) < 4.78 is 0. The highest BCUT2D eigenvalue weighted by Crippen LogP contribution is 2.02. The van der Waals surface area contributed by atoms with Gasteiger partial charge in [0, 0.05) is 26.6 Å². The second-order valence-corrected chi connectivity index (χ2v) is 3.76. The van der Waals surface area contributed by atoms with Gasteiger partial charge in [0.15, 0.2) is 0 Å². The third kappa shape index (κ3) is 3.85. The van der Waals surface area contributed by atoms with Crippen LogP contribution < -0.4 is 11.3 Å². The molecular formula is C9H18N4O2. The van der Waals surface area contributed by atoms with Gasteiger partial charge in [0.25, 0.3) is 0 Å². The van der Waals surface area contributed by atoms with E-state index in [0.29, 0.717) is 13.0 Å². The van der Waals surface area contributed by atoms with E-state index in [0.717, 1.165) is 26.1 Å². The van der Waals surface area contributed by atoms with Gasteiger partial charge >= 0.3 is 0 Å². The molecule has 1 heterocycles. The van der Waals surface area contributed by atoms with Crippen molar-refractivity contribution in [3.8, 4) is 0 Å². The first-order valence-electron chi connectivity index (χ1n) is 5.09. The molecule has 1 fully saturated rings. The summed E-state index contributed by atoms with van der Waals surface area (Å²) >= 11 is 0. The zero-order valence-corrected chi connectivity index (χ0v) is 9.03. The minimum Gasteiger partial charge on any atom is -0.343 e. The molecule has 1 rings (SSSR count). The molecule has 1 saturated heterocycles. The third-order valence-corrected chi connectivity index (χ3v) is 2.58. The lowest BCUT2D eigenvalue weighted by atomic mass is 10.2. The fourth-order valence-electron chi connectivity index (χ4n) is 1.53. The molecule has 0 aromatic rings. The highest BCUT2D eigenvalue weighted by Gasteiger charge is 2.20. The Balaban J connectivity index is 2.17. The lowest BCUT2D eigenvalue weighted by Gasteiger charge is -2.31. The van der Waals surface area contributed by atoms with Gasteiger partial charge in [-0.05, 0) is 13.0 Å². The van der Waals surface area contributed by atoms with Gasteiger partial charge in [0.1, 0.15) is 0 Å². The van der Waals surface area contributed by atoms with Crippen molar-refractivity contribution < 1.29 is 9.59 Å². The number of carbonyl (C=O) groups is 2. The first kappa shape index (κ1) is 11.9. The highest BCUT2D eigenvalue weighted by atomic mass is 16.2. The molecule has 0 aromatic carbocycles. The SMILES string of the molecule is CN1CCN(CCCC(=O)NN)CC1=O. The number of amides is 2. The maximum Gasteiger partial charge on any atom is 0.236 e. The van der Waals surface area contributed by atoms with E-state index < -0.39 is 0 Å². The van der Waals surface area contributed by atoms with E-state index in [1.165, 1.54) is 0 Å². The summed E-state index contributed by atoms with van der Waals surface area (Å²) in [6, 6.07) is 0. The Morgan fingerprint density at radius 1 is 1.53 bits per heavy atom. The Morgan fingerprint density at radius 3 is 2.87 bits per heavy atom. The maximum atomic E-state index is 11.3. The second kappa shape index (κ2) is 5.67. The topological polar surface area (TPSA) is 78.7 Å². The van der Waals surface area contributed by atoms with Gasteiger partial charge in [0.2, 0.25) is 11.8 Å². The van der Waals surface area contributed by atoms with Crippen LogP contribution in [0.25, 0.3) is 0 Å². The summed E-state index contributed by atoms with van der Waals surface area (Å²) in [7, 11) is 1.81. The molecule has 1 aliphatic rings. The fourth-order valence-corrected chi connectivity index (χ4v) is 1.53. The number of nitrogens with zero attached hydrogens (tertiary/aromatic N) is 2. The Kier molecular flexibility index (Phi) is 4.51. The largest absolute Gasteiger partial charge is 0.343 e. The van der Waals surface area contributed by atoms with Gasteiger partial charge in [-0.2, -0.15) is 0 Å². The van der Waals surface area contributed by atoms with Crippen LogP contribution in [0.2, 0.25) is 0 Å².